The van der Waals surface area contributed by atoms with E-state index in [0.29, 0.717) is 17.1 Å². The first-order chi connectivity index (χ1) is 15.1. The minimum atomic E-state index is -0.145. The summed E-state index contributed by atoms with van der Waals surface area (Å²) in [5.41, 5.74) is 12.4. The third kappa shape index (κ3) is 3.80. The average Bonchev–Trinajstić information content (AvgIpc) is 3.35. The Balaban J connectivity index is 1.22. The summed E-state index contributed by atoms with van der Waals surface area (Å²) in [7, 11) is 0. The van der Waals surface area contributed by atoms with Gasteiger partial charge in [-0.1, -0.05) is 24.3 Å². The van der Waals surface area contributed by atoms with Crippen LogP contribution in [0.5, 0.6) is 0 Å². The van der Waals surface area contributed by atoms with Gasteiger partial charge < -0.3 is 16.4 Å². The molecule has 7 nitrogen and oxygen atoms in total. The molecule has 0 unspecified atom stereocenters. The minimum absolute atomic E-state index is 0.145. The fraction of sp³-hybridized carbons (Fsp3) is 0.261. The molecule has 0 saturated carbocycles. The third-order valence-electron chi connectivity index (χ3n) is 5.64. The van der Waals surface area contributed by atoms with Gasteiger partial charge in [-0.3, -0.25) is 9.48 Å². The molecule has 1 aliphatic rings. The smallest absolute Gasteiger partial charge is 0.263 e. The number of nitrogen functional groups attached to an aromatic ring is 1. The molecule has 0 atom stereocenters. The minimum Gasteiger partial charge on any atom is -0.397 e. The second kappa shape index (κ2) is 8.13. The molecule has 0 saturated heterocycles. The lowest BCUT2D eigenvalue weighted by molar-refractivity contribution is 0.0959. The number of hydrogen-bond donors (Lipinski definition) is 3. The number of hydrogen-bond acceptors (Lipinski definition) is 6. The molecule has 31 heavy (non-hydrogen) atoms. The number of nitrogens with zero attached hydrogens (tertiary/aromatic N) is 3. The van der Waals surface area contributed by atoms with Gasteiger partial charge in [0.2, 0.25) is 0 Å². The van der Waals surface area contributed by atoms with E-state index < -0.39 is 0 Å². The topological polar surface area (TPSA) is 97.9 Å². The van der Waals surface area contributed by atoms with E-state index in [1.165, 1.54) is 33.7 Å². The van der Waals surface area contributed by atoms with E-state index in [4.69, 9.17) is 5.73 Å². The van der Waals surface area contributed by atoms with Gasteiger partial charge in [0, 0.05) is 36.3 Å². The van der Waals surface area contributed by atoms with Gasteiger partial charge >= 0.3 is 0 Å². The maximum absolute atomic E-state index is 12.6. The van der Waals surface area contributed by atoms with E-state index >= 15 is 0 Å². The predicted molar refractivity (Wildman–Crippen MR) is 124 cm³/mol. The van der Waals surface area contributed by atoms with Crippen LogP contribution in [0.2, 0.25) is 0 Å². The summed E-state index contributed by atoms with van der Waals surface area (Å²) in [4.78, 5) is 18.4. The molecule has 1 aromatic carbocycles. The Bertz CT molecular complexity index is 1260. The first-order valence-electron chi connectivity index (χ1n) is 10.4. The Morgan fingerprint density at radius 3 is 2.94 bits per heavy atom. The standard InChI is InChI=1S/C23H24N6OS/c1-14-2-7-17-20(24)21(31-23(17)28-14)22(30)26-9-8-15-3-5-16(6-4-15)18-12-27-29-11-10-25-13-19(18)29/h2-7,12,25H,8-11,13,24H2,1H3,(H,26,30). The number of benzene rings is 1. The highest BCUT2D eigenvalue weighted by molar-refractivity contribution is 7.21. The number of aromatic nitrogens is 3. The van der Waals surface area contributed by atoms with Crippen molar-refractivity contribution in [3.05, 3.63) is 64.4 Å². The fourth-order valence-electron chi connectivity index (χ4n) is 3.93. The zero-order valence-corrected chi connectivity index (χ0v) is 18.1. The normalized spacial score (nSPS) is 13.3. The molecule has 4 heterocycles. The number of anilines is 1. The van der Waals surface area contributed by atoms with Gasteiger partial charge in [-0.05, 0) is 36.6 Å². The summed E-state index contributed by atoms with van der Waals surface area (Å²) >= 11 is 1.34. The van der Waals surface area contributed by atoms with E-state index in [1.807, 2.05) is 25.3 Å². The van der Waals surface area contributed by atoms with Crippen LogP contribution in [0, 0.1) is 6.92 Å². The Morgan fingerprint density at radius 2 is 2.10 bits per heavy atom. The van der Waals surface area contributed by atoms with Crippen LogP contribution in [0.4, 0.5) is 5.69 Å². The van der Waals surface area contributed by atoms with Crippen molar-refractivity contribution in [2.24, 2.45) is 0 Å². The largest absolute Gasteiger partial charge is 0.397 e. The highest BCUT2D eigenvalue weighted by atomic mass is 32.1. The Kier molecular flexibility index (Phi) is 5.17. The van der Waals surface area contributed by atoms with E-state index in [9.17, 15) is 4.79 Å². The molecule has 0 spiro atoms. The summed E-state index contributed by atoms with van der Waals surface area (Å²) in [6, 6.07) is 12.3. The van der Waals surface area contributed by atoms with Crippen LogP contribution >= 0.6 is 11.3 Å². The summed E-state index contributed by atoms with van der Waals surface area (Å²) in [5, 5.41) is 11.7. The van der Waals surface area contributed by atoms with Gasteiger partial charge in [0.05, 0.1) is 24.1 Å². The zero-order chi connectivity index (χ0) is 21.4. The van der Waals surface area contributed by atoms with E-state index in [2.05, 4.69) is 49.7 Å². The van der Waals surface area contributed by atoms with Crippen LogP contribution in [0.15, 0.2) is 42.6 Å². The number of amides is 1. The zero-order valence-electron chi connectivity index (χ0n) is 17.3. The van der Waals surface area contributed by atoms with Crippen molar-refractivity contribution >= 4 is 33.1 Å². The van der Waals surface area contributed by atoms with Gasteiger partial charge in [0.1, 0.15) is 9.71 Å². The molecule has 0 fully saturated rings. The molecule has 5 rings (SSSR count). The highest BCUT2D eigenvalue weighted by Crippen LogP contribution is 2.32. The molecular weight excluding hydrogens is 408 g/mol. The van der Waals surface area contributed by atoms with Crippen LogP contribution in [-0.4, -0.2) is 33.8 Å². The monoisotopic (exact) mass is 432 g/mol. The second-order valence-corrected chi connectivity index (χ2v) is 8.76. The van der Waals surface area contributed by atoms with Crippen LogP contribution in [-0.2, 0) is 19.5 Å². The van der Waals surface area contributed by atoms with Crippen molar-refractivity contribution in [1.82, 2.24) is 25.4 Å². The lowest BCUT2D eigenvalue weighted by Gasteiger charge is -2.16. The average molecular weight is 433 g/mol. The molecule has 158 valence electrons. The lowest BCUT2D eigenvalue weighted by atomic mass is 10.0. The van der Waals surface area contributed by atoms with Crippen LogP contribution < -0.4 is 16.4 Å². The number of aryl methyl sites for hydroxylation is 1. The molecule has 4 aromatic rings. The number of thiophene rings is 1. The molecule has 4 N–H and O–H groups in total. The number of carbonyl (C=O) groups is 1. The molecule has 1 amide bonds. The maximum Gasteiger partial charge on any atom is 0.263 e. The molecule has 8 heteroatoms. The third-order valence-corrected chi connectivity index (χ3v) is 6.76. The second-order valence-electron chi connectivity index (χ2n) is 7.76. The van der Waals surface area contributed by atoms with E-state index in [-0.39, 0.29) is 5.91 Å². The molecule has 3 aromatic heterocycles. The Labute approximate surface area is 184 Å². The highest BCUT2D eigenvalue weighted by Gasteiger charge is 2.17. The van der Waals surface area contributed by atoms with Crippen molar-refractivity contribution in [1.29, 1.82) is 0 Å². The van der Waals surface area contributed by atoms with E-state index in [0.717, 1.165) is 42.0 Å². The van der Waals surface area contributed by atoms with Gasteiger partial charge in [0.15, 0.2) is 0 Å². The Hall–Kier alpha value is -3.23. The summed E-state index contributed by atoms with van der Waals surface area (Å²) in [6.45, 7) is 5.19. The van der Waals surface area contributed by atoms with Crippen molar-refractivity contribution in [3.8, 4) is 11.1 Å². The quantitative estimate of drug-likeness (QED) is 0.450. The maximum atomic E-state index is 12.6. The Morgan fingerprint density at radius 1 is 1.26 bits per heavy atom. The SMILES string of the molecule is Cc1ccc2c(N)c(C(=O)NCCc3ccc(-c4cnn5c4CNCC5)cc3)sc2n1. The van der Waals surface area contributed by atoms with Gasteiger partial charge in [-0.2, -0.15) is 5.10 Å². The number of pyridine rings is 1. The fourth-order valence-corrected chi connectivity index (χ4v) is 4.99. The number of carbonyl (C=O) groups excluding carboxylic acids is 1. The predicted octanol–water partition coefficient (Wildman–Crippen LogP) is 3.13. The summed E-state index contributed by atoms with van der Waals surface area (Å²) in [6.07, 6.45) is 2.70. The molecule has 0 aliphatic carbocycles. The lowest BCUT2D eigenvalue weighted by Crippen LogP contribution is -2.28. The summed E-state index contributed by atoms with van der Waals surface area (Å²) < 4.78 is 2.08. The molecule has 1 aliphatic heterocycles. The van der Waals surface area contributed by atoms with Crippen LogP contribution in [0.1, 0.15) is 26.6 Å². The number of nitrogens with two attached hydrogens (primary N) is 1. The number of nitrogens with one attached hydrogen (secondary N) is 2. The van der Waals surface area contributed by atoms with Crippen molar-refractivity contribution in [2.45, 2.75) is 26.4 Å². The van der Waals surface area contributed by atoms with Crippen LogP contribution in [0.3, 0.4) is 0 Å². The first kappa shape index (κ1) is 19.7. The first-order valence-corrected chi connectivity index (χ1v) is 11.2. The van der Waals surface area contributed by atoms with E-state index in [1.54, 1.807) is 0 Å². The van der Waals surface area contributed by atoms with Crippen molar-refractivity contribution < 1.29 is 4.79 Å². The van der Waals surface area contributed by atoms with Crippen LogP contribution in [0.25, 0.3) is 21.3 Å². The van der Waals surface area contributed by atoms with Crippen molar-refractivity contribution in [2.75, 3.05) is 18.8 Å². The molecular formula is C23H24N6OS. The molecule has 0 radical (unpaired) electrons. The molecule has 0 bridgehead atoms. The number of fused-ring (bicyclic) bond motifs is 2. The van der Waals surface area contributed by atoms with Crippen molar-refractivity contribution in [3.63, 3.8) is 0 Å². The summed E-state index contributed by atoms with van der Waals surface area (Å²) in [5.74, 6) is -0.145. The number of rotatable bonds is 5. The van der Waals surface area contributed by atoms with Gasteiger partial charge in [-0.15, -0.1) is 11.3 Å². The van der Waals surface area contributed by atoms with Gasteiger partial charge in [0.25, 0.3) is 5.91 Å². The van der Waals surface area contributed by atoms with Gasteiger partial charge in [-0.25, -0.2) is 4.98 Å².